The number of rotatable bonds is 5. The van der Waals surface area contributed by atoms with Crippen molar-refractivity contribution in [3.63, 3.8) is 0 Å². The Labute approximate surface area is 180 Å². The van der Waals surface area contributed by atoms with Crippen LogP contribution < -0.4 is 4.74 Å². The zero-order chi connectivity index (χ0) is 21.3. The first-order chi connectivity index (χ1) is 13.6. The number of pyridine rings is 1. The molecule has 0 saturated carbocycles. The highest BCUT2D eigenvalue weighted by Gasteiger charge is 2.24. The molecule has 152 valence electrons. The summed E-state index contributed by atoms with van der Waals surface area (Å²) in [6.07, 6.45) is 1.48. The molecule has 0 aliphatic rings. The Balaban J connectivity index is 2.15. The van der Waals surface area contributed by atoms with Crippen molar-refractivity contribution in [2.75, 3.05) is 0 Å². The Hall–Kier alpha value is -2.11. The van der Waals surface area contributed by atoms with Gasteiger partial charge in [-0.1, -0.05) is 44.5 Å². The van der Waals surface area contributed by atoms with Crippen LogP contribution in [0.1, 0.15) is 45.7 Å². The van der Waals surface area contributed by atoms with E-state index in [2.05, 4.69) is 25.8 Å². The first-order valence-corrected chi connectivity index (χ1v) is 10.6. The summed E-state index contributed by atoms with van der Waals surface area (Å²) < 4.78 is 19.9. The van der Waals surface area contributed by atoms with E-state index in [9.17, 15) is 4.39 Å². The van der Waals surface area contributed by atoms with E-state index in [1.165, 1.54) is 12.3 Å². The van der Waals surface area contributed by atoms with Gasteiger partial charge in [-0.3, -0.25) is 10.4 Å². The van der Waals surface area contributed by atoms with Gasteiger partial charge in [-0.2, -0.15) is 0 Å². The number of ether oxygens (including phenoxy) is 1. The fourth-order valence-corrected chi connectivity index (χ4v) is 4.31. The topological polar surface area (TPSA) is 46.0 Å². The Bertz CT molecular complexity index is 1080. The van der Waals surface area contributed by atoms with E-state index in [4.69, 9.17) is 21.7 Å². The van der Waals surface area contributed by atoms with E-state index in [-0.39, 0.29) is 16.7 Å². The van der Waals surface area contributed by atoms with Crippen molar-refractivity contribution in [1.29, 1.82) is 5.41 Å². The van der Waals surface area contributed by atoms with Crippen LogP contribution in [0.15, 0.2) is 47.5 Å². The molecule has 0 fully saturated rings. The van der Waals surface area contributed by atoms with Crippen LogP contribution in [0, 0.1) is 11.2 Å². The molecule has 2 aromatic carbocycles. The third kappa shape index (κ3) is 4.90. The van der Waals surface area contributed by atoms with Gasteiger partial charge in [0, 0.05) is 27.5 Å². The smallest absolute Gasteiger partial charge is 0.152 e. The molecule has 3 nitrogen and oxygen atoms in total. The zero-order valence-corrected chi connectivity index (χ0v) is 18.7. The maximum atomic E-state index is 14.0. The number of nitrogens with zero attached hydrogens (tertiary/aromatic N) is 1. The average Bonchev–Trinajstić information content (AvgIpc) is 2.63. The molecule has 3 aromatic rings. The number of aromatic nitrogens is 1. The molecule has 1 heterocycles. The monoisotopic (exact) mass is 430 g/mol. The van der Waals surface area contributed by atoms with Crippen LogP contribution in [0.5, 0.6) is 5.75 Å². The molecule has 0 aliphatic heterocycles. The number of fused-ring (bicyclic) bond motifs is 1. The van der Waals surface area contributed by atoms with Crippen molar-refractivity contribution in [3.05, 3.63) is 64.6 Å². The van der Waals surface area contributed by atoms with Crippen molar-refractivity contribution in [1.82, 2.24) is 4.98 Å². The van der Waals surface area contributed by atoms with E-state index in [0.29, 0.717) is 38.5 Å². The van der Waals surface area contributed by atoms with Gasteiger partial charge in [0.05, 0.1) is 21.7 Å². The van der Waals surface area contributed by atoms with Gasteiger partial charge in [0.1, 0.15) is 11.3 Å². The van der Waals surface area contributed by atoms with E-state index in [1.54, 1.807) is 36.0 Å². The molecule has 0 saturated heterocycles. The molecule has 1 N–H and O–H groups in total. The van der Waals surface area contributed by atoms with Crippen LogP contribution in [-0.2, 0) is 0 Å². The van der Waals surface area contributed by atoms with Gasteiger partial charge >= 0.3 is 0 Å². The summed E-state index contributed by atoms with van der Waals surface area (Å²) in [5.74, 6) is 0.215. The number of benzene rings is 2. The van der Waals surface area contributed by atoms with Gasteiger partial charge in [0.25, 0.3) is 0 Å². The molecule has 29 heavy (non-hydrogen) atoms. The molecule has 0 atom stereocenters. The van der Waals surface area contributed by atoms with Crippen molar-refractivity contribution in [2.45, 2.75) is 50.4 Å². The van der Waals surface area contributed by atoms with Gasteiger partial charge in [-0.25, -0.2) is 4.39 Å². The van der Waals surface area contributed by atoms with Crippen molar-refractivity contribution >= 4 is 40.0 Å². The lowest BCUT2D eigenvalue weighted by Crippen LogP contribution is -2.14. The molecule has 0 radical (unpaired) electrons. The fraction of sp³-hybridized carbons (Fsp3) is 0.304. The maximum absolute atomic E-state index is 14.0. The number of nitrogens with one attached hydrogen (secondary N) is 1. The number of thioether (sulfide) groups is 1. The molecule has 3 rings (SSSR count). The third-order valence-electron chi connectivity index (χ3n) is 4.05. The van der Waals surface area contributed by atoms with Crippen LogP contribution in [0.3, 0.4) is 0 Å². The summed E-state index contributed by atoms with van der Waals surface area (Å²) in [6, 6.07) is 10.2. The highest BCUT2D eigenvalue weighted by molar-refractivity contribution is 8.00. The number of para-hydroxylation sites is 1. The van der Waals surface area contributed by atoms with Crippen molar-refractivity contribution < 1.29 is 9.13 Å². The number of hydrogen-bond donors (Lipinski definition) is 1. The number of hydrogen-bond acceptors (Lipinski definition) is 4. The lowest BCUT2D eigenvalue weighted by atomic mass is 10.0. The average molecular weight is 431 g/mol. The van der Waals surface area contributed by atoms with Gasteiger partial charge < -0.3 is 4.74 Å². The van der Waals surface area contributed by atoms with Crippen LogP contribution in [0.2, 0.25) is 5.02 Å². The first kappa shape index (κ1) is 21.6. The molecule has 0 amide bonds. The van der Waals surface area contributed by atoms with Gasteiger partial charge in [-0.05, 0) is 38.1 Å². The van der Waals surface area contributed by atoms with Gasteiger partial charge in [0.2, 0.25) is 0 Å². The second-order valence-corrected chi connectivity index (χ2v) is 10.3. The Morgan fingerprint density at radius 2 is 1.93 bits per heavy atom. The highest BCUT2D eigenvalue weighted by atomic mass is 35.5. The lowest BCUT2D eigenvalue weighted by Gasteiger charge is -2.24. The second-order valence-electron chi connectivity index (χ2n) is 8.04. The molecular weight excluding hydrogens is 407 g/mol. The Morgan fingerprint density at radius 1 is 1.21 bits per heavy atom. The Kier molecular flexibility index (Phi) is 6.20. The van der Waals surface area contributed by atoms with Gasteiger partial charge in [-0.15, -0.1) is 11.8 Å². The summed E-state index contributed by atoms with van der Waals surface area (Å²) in [5.41, 5.74) is 1.91. The van der Waals surface area contributed by atoms with E-state index >= 15 is 0 Å². The minimum atomic E-state index is -0.372. The van der Waals surface area contributed by atoms with Crippen LogP contribution in [-0.4, -0.2) is 21.5 Å². The van der Waals surface area contributed by atoms with Crippen LogP contribution in [0.25, 0.3) is 10.9 Å². The highest BCUT2D eigenvalue weighted by Crippen LogP contribution is 2.45. The normalized spacial score (nSPS) is 11.9. The van der Waals surface area contributed by atoms with Crippen LogP contribution in [0.4, 0.5) is 4.39 Å². The third-order valence-corrected chi connectivity index (χ3v) is 5.57. The Morgan fingerprint density at radius 3 is 2.59 bits per heavy atom. The standard InChI is InChI=1S/C23H24ClFN2OS/c1-13(2)28-21-17(24)10-9-16(22(21)29-23(3,4)5)19(26)15-11-14-7-6-8-18(25)20(14)27-12-15/h6-13,26H,1-5H3. The number of halogens is 2. The minimum Gasteiger partial charge on any atom is -0.488 e. The van der Waals surface area contributed by atoms with Crippen molar-refractivity contribution in [3.8, 4) is 5.75 Å². The SMILES string of the molecule is CC(C)Oc1c(Cl)ccc(C(=N)c2cnc3c(F)cccc3c2)c1SC(C)(C)C. The molecule has 0 bridgehead atoms. The molecular formula is C23H24ClFN2OS. The van der Waals surface area contributed by atoms with E-state index in [1.807, 2.05) is 19.9 Å². The molecule has 0 aliphatic carbocycles. The summed E-state index contributed by atoms with van der Waals surface area (Å²) in [5, 5.41) is 10.0. The summed E-state index contributed by atoms with van der Waals surface area (Å²) in [4.78, 5) is 5.06. The second kappa shape index (κ2) is 8.33. The lowest BCUT2D eigenvalue weighted by molar-refractivity contribution is 0.236. The summed E-state index contributed by atoms with van der Waals surface area (Å²) in [6.45, 7) is 10.2. The maximum Gasteiger partial charge on any atom is 0.152 e. The molecule has 0 spiro atoms. The summed E-state index contributed by atoms with van der Waals surface area (Å²) in [7, 11) is 0. The van der Waals surface area contributed by atoms with Gasteiger partial charge in [0.15, 0.2) is 5.75 Å². The zero-order valence-electron chi connectivity index (χ0n) is 17.1. The molecule has 1 aromatic heterocycles. The minimum absolute atomic E-state index is 0.0541. The fourth-order valence-electron chi connectivity index (χ4n) is 2.90. The molecule has 6 heteroatoms. The van der Waals surface area contributed by atoms with Crippen LogP contribution >= 0.6 is 23.4 Å². The van der Waals surface area contributed by atoms with Crippen molar-refractivity contribution in [2.24, 2.45) is 0 Å². The van der Waals surface area contributed by atoms with E-state index < -0.39 is 0 Å². The summed E-state index contributed by atoms with van der Waals surface area (Å²) >= 11 is 8.07. The van der Waals surface area contributed by atoms with E-state index in [0.717, 1.165) is 4.90 Å². The largest absolute Gasteiger partial charge is 0.488 e. The molecule has 0 unspecified atom stereocenters. The predicted octanol–water partition coefficient (Wildman–Crippen LogP) is 7.12. The quantitative estimate of drug-likeness (QED) is 0.346. The first-order valence-electron chi connectivity index (χ1n) is 9.38. The predicted molar refractivity (Wildman–Crippen MR) is 120 cm³/mol.